The Morgan fingerprint density at radius 2 is 2.00 bits per heavy atom. The Labute approximate surface area is 104 Å². The van der Waals surface area contributed by atoms with Gasteiger partial charge in [-0.25, -0.2) is 18.2 Å². The van der Waals surface area contributed by atoms with Crippen molar-refractivity contribution in [3.05, 3.63) is 46.2 Å². The summed E-state index contributed by atoms with van der Waals surface area (Å²) in [5.74, 6) is -5.39. The van der Waals surface area contributed by atoms with Crippen molar-refractivity contribution in [3.63, 3.8) is 0 Å². The van der Waals surface area contributed by atoms with Crippen molar-refractivity contribution < 1.29 is 18.0 Å². The second-order valence-electron chi connectivity index (χ2n) is 3.47. The third kappa shape index (κ3) is 2.35. The smallest absolute Gasteiger partial charge is 0.260 e. The lowest BCUT2D eigenvalue weighted by Gasteiger charge is -2.04. The first kappa shape index (κ1) is 12.6. The molecule has 0 atom stereocenters. The molecular weight excluding hydrogens is 265 g/mol. The molecule has 1 aromatic heterocycles. The minimum Gasteiger partial charge on any atom is -0.298 e. The SMILES string of the molecule is Cc1csc(NC(=O)c2ccc(F)c(F)c2F)n1. The van der Waals surface area contributed by atoms with Crippen LogP contribution in [0.2, 0.25) is 0 Å². The zero-order valence-corrected chi connectivity index (χ0v) is 9.95. The van der Waals surface area contributed by atoms with Gasteiger partial charge in [0.05, 0.1) is 11.3 Å². The normalized spacial score (nSPS) is 10.4. The van der Waals surface area contributed by atoms with Gasteiger partial charge in [-0.1, -0.05) is 0 Å². The van der Waals surface area contributed by atoms with E-state index in [1.165, 1.54) is 0 Å². The molecule has 0 bridgehead atoms. The number of nitrogens with one attached hydrogen (secondary N) is 1. The molecule has 1 aromatic carbocycles. The minimum absolute atomic E-state index is 0.265. The van der Waals surface area contributed by atoms with E-state index in [2.05, 4.69) is 10.3 Å². The summed E-state index contributed by atoms with van der Waals surface area (Å²) in [6, 6.07) is 1.57. The van der Waals surface area contributed by atoms with Crippen molar-refractivity contribution in [2.45, 2.75) is 6.92 Å². The average molecular weight is 272 g/mol. The van der Waals surface area contributed by atoms with Crippen molar-refractivity contribution in [2.24, 2.45) is 0 Å². The van der Waals surface area contributed by atoms with Crippen LogP contribution in [-0.2, 0) is 0 Å². The van der Waals surface area contributed by atoms with Gasteiger partial charge in [0.2, 0.25) is 0 Å². The van der Waals surface area contributed by atoms with Gasteiger partial charge in [-0.3, -0.25) is 10.1 Å². The molecule has 7 heteroatoms. The molecule has 3 nitrogen and oxygen atoms in total. The summed E-state index contributed by atoms with van der Waals surface area (Å²) >= 11 is 1.15. The Balaban J connectivity index is 2.27. The summed E-state index contributed by atoms with van der Waals surface area (Å²) in [7, 11) is 0. The predicted molar refractivity (Wildman–Crippen MR) is 61.1 cm³/mol. The van der Waals surface area contributed by atoms with E-state index >= 15 is 0 Å². The van der Waals surface area contributed by atoms with Crippen LogP contribution in [0.15, 0.2) is 17.5 Å². The van der Waals surface area contributed by atoms with Gasteiger partial charge in [0.1, 0.15) is 0 Å². The number of hydrogen-bond acceptors (Lipinski definition) is 3. The zero-order valence-electron chi connectivity index (χ0n) is 9.13. The molecule has 0 unspecified atom stereocenters. The first-order valence-corrected chi connectivity index (χ1v) is 5.74. The number of rotatable bonds is 2. The Bertz CT molecular complexity index is 612. The Kier molecular flexibility index (Phi) is 3.33. The van der Waals surface area contributed by atoms with Crippen LogP contribution >= 0.6 is 11.3 Å². The summed E-state index contributed by atoms with van der Waals surface area (Å²) in [6.07, 6.45) is 0. The van der Waals surface area contributed by atoms with Gasteiger partial charge in [0.15, 0.2) is 22.6 Å². The third-order valence-corrected chi connectivity index (χ3v) is 2.99. The lowest BCUT2D eigenvalue weighted by Crippen LogP contribution is -2.15. The van der Waals surface area contributed by atoms with E-state index in [1.54, 1.807) is 12.3 Å². The molecular formula is C11H7F3N2OS. The van der Waals surface area contributed by atoms with E-state index in [4.69, 9.17) is 0 Å². The van der Waals surface area contributed by atoms with Gasteiger partial charge in [-0.05, 0) is 19.1 Å². The molecule has 0 saturated heterocycles. The van der Waals surface area contributed by atoms with E-state index in [9.17, 15) is 18.0 Å². The highest BCUT2D eigenvalue weighted by molar-refractivity contribution is 7.13. The number of amides is 1. The number of aromatic nitrogens is 1. The number of anilines is 1. The van der Waals surface area contributed by atoms with Crippen molar-refractivity contribution in [2.75, 3.05) is 5.32 Å². The largest absolute Gasteiger partial charge is 0.298 e. The number of carbonyl (C=O) groups is 1. The van der Waals surface area contributed by atoms with E-state index in [-0.39, 0.29) is 5.13 Å². The molecule has 94 valence electrons. The van der Waals surface area contributed by atoms with E-state index in [0.29, 0.717) is 11.8 Å². The summed E-state index contributed by atoms with van der Waals surface area (Å²) in [4.78, 5) is 15.6. The predicted octanol–water partition coefficient (Wildman–Crippen LogP) is 3.12. The van der Waals surface area contributed by atoms with E-state index in [1.807, 2.05) is 0 Å². The van der Waals surface area contributed by atoms with Crippen LogP contribution in [-0.4, -0.2) is 10.9 Å². The van der Waals surface area contributed by atoms with Crippen LogP contribution < -0.4 is 5.32 Å². The molecule has 0 spiro atoms. The Hall–Kier alpha value is -1.89. The highest BCUT2D eigenvalue weighted by atomic mass is 32.1. The quantitative estimate of drug-likeness (QED) is 0.853. The van der Waals surface area contributed by atoms with E-state index < -0.39 is 28.9 Å². The molecule has 1 N–H and O–H groups in total. The molecule has 18 heavy (non-hydrogen) atoms. The maximum atomic E-state index is 13.3. The average Bonchev–Trinajstić information content (AvgIpc) is 2.71. The molecule has 0 radical (unpaired) electrons. The molecule has 2 rings (SSSR count). The minimum atomic E-state index is -1.67. The maximum Gasteiger partial charge on any atom is 0.260 e. The second-order valence-corrected chi connectivity index (χ2v) is 4.33. The first-order valence-electron chi connectivity index (χ1n) is 4.86. The fourth-order valence-corrected chi connectivity index (χ4v) is 1.96. The van der Waals surface area contributed by atoms with Crippen LogP contribution in [0.5, 0.6) is 0 Å². The van der Waals surface area contributed by atoms with Crippen molar-refractivity contribution in [1.82, 2.24) is 4.98 Å². The van der Waals surface area contributed by atoms with Gasteiger partial charge in [-0.2, -0.15) is 0 Å². The molecule has 0 aliphatic carbocycles. The number of nitrogens with zero attached hydrogens (tertiary/aromatic N) is 1. The monoisotopic (exact) mass is 272 g/mol. The van der Waals surface area contributed by atoms with Crippen LogP contribution in [0.25, 0.3) is 0 Å². The fraction of sp³-hybridized carbons (Fsp3) is 0.0909. The van der Waals surface area contributed by atoms with Gasteiger partial charge in [0, 0.05) is 5.38 Å². The topological polar surface area (TPSA) is 42.0 Å². The Morgan fingerprint density at radius 3 is 2.61 bits per heavy atom. The van der Waals surface area contributed by atoms with Gasteiger partial charge < -0.3 is 0 Å². The lowest BCUT2D eigenvalue weighted by atomic mass is 10.2. The summed E-state index contributed by atoms with van der Waals surface area (Å²) in [5.41, 5.74) is 0.128. The van der Waals surface area contributed by atoms with Crippen LogP contribution in [0, 0.1) is 24.4 Å². The van der Waals surface area contributed by atoms with Crippen molar-refractivity contribution in [1.29, 1.82) is 0 Å². The summed E-state index contributed by atoms with van der Waals surface area (Å²) in [6.45, 7) is 1.73. The van der Waals surface area contributed by atoms with Gasteiger partial charge in [0.25, 0.3) is 5.91 Å². The van der Waals surface area contributed by atoms with Gasteiger partial charge in [-0.15, -0.1) is 11.3 Å². The first-order chi connectivity index (χ1) is 8.49. The molecule has 0 saturated carbocycles. The highest BCUT2D eigenvalue weighted by Gasteiger charge is 2.19. The van der Waals surface area contributed by atoms with Crippen molar-refractivity contribution >= 4 is 22.4 Å². The molecule has 1 heterocycles. The van der Waals surface area contributed by atoms with Gasteiger partial charge >= 0.3 is 0 Å². The number of hydrogen-bond donors (Lipinski definition) is 1. The lowest BCUT2D eigenvalue weighted by molar-refractivity contribution is 0.102. The third-order valence-electron chi connectivity index (χ3n) is 2.12. The number of thiazole rings is 1. The number of halogens is 3. The van der Waals surface area contributed by atoms with Crippen LogP contribution in [0.1, 0.15) is 16.1 Å². The van der Waals surface area contributed by atoms with E-state index in [0.717, 1.165) is 17.4 Å². The highest BCUT2D eigenvalue weighted by Crippen LogP contribution is 2.19. The van der Waals surface area contributed by atoms with Crippen LogP contribution in [0.3, 0.4) is 0 Å². The number of carbonyl (C=O) groups excluding carboxylic acids is 1. The number of aryl methyl sites for hydroxylation is 1. The zero-order chi connectivity index (χ0) is 13.3. The molecule has 0 aliphatic heterocycles. The fourth-order valence-electron chi connectivity index (χ4n) is 1.28. The maximum absolute atomic E-state index is 13.3. The van der Waals surface area contributed by atoms with Crippen molar-refractivity contribution in [3.8, 4) is 0 Å². The molecule has 1 amide bonds. The molecule has 0 fully saturated rings. The number of benzene rings is 1. The van der Waals surface area contributed by atoms with Crippen LogP contribution in [0.4, 0.5) is 18.3 Å². The second kappa shape index (κ2) is 4.77. The Morgan fingerprint density at radius 1 is 1.28 bits per heavy atom. The summed E-state index contributed by atoms with van der Waals surface area (Å²) in [5, 5.41) is 4.26. The standard InChI is InChI=1S/C11H7F3N2OS/c1-5-4-18-11(15-5)16-10(17)6-2-3-7(12)9(14)8(6)13/h2-4H,1H3,(H,15,16,17). The molecule has 0 aliphatic rings. The molecule has 2 aromatic rings. The summed E-state index contributed by atoms with van der Waals surface area (Å²) < 4.78 is 39.0.